The molecule has 0 radical (unpaired) electrons. The van der Waals surface area contributed by atoms with Crippen molar-refractivity contribution in [1.29, 1.82) is 0 Å². The molecule has 6 heteroatoms. The van der Waals surface area contributed by atoms with Crippen molar-refractivity contribution in [2.75, 3.05) is 6.61 Å². The molecular formula is C20H18N4O2. The average Bonchev–Trinajstić information content (AvgIpc) is 3.10. The Hall–Kier alpha value is -3.41. The summed E-state index contributed by atoms with van der Waals surface area (Å²) in [5, 5.41) is 2.99. The fraction of sp³-hybridized carbons (Fsp3) is 0.150. The fourth-order valence-corrected chi connectivity index (χ4v) is 2.94. The number of nitrogens with zero attached hydrogens (tertiary/aromatic N) is 3. The summed E-state index contributed by atoms with van der Waals surface area (Å²) in [6.07, 6.45) is 3.97. The summed E-state index contributed by atoms with van der Waals surface area (Å²) in [5.74, 6) is 0.789. The maximum Gasteiger partial charge on any atom is 0.276 e. The van der Waals surface area contributed by atoms with E-state index in [4.69, 9.17) is 4.74 Å². The molecule has 0 aliphatic rings. The number of aromatic amines is 1. The first-order chi connectivity index (χ1) is 12.7. The zero-order chi connectivity index (χ0) is 17.9. The second-order valence-electron chi connectivity index (χ2n) is 5.95. The molecule has 4 aromatic rings. The Morgan fingerprint density at radius 3 is 2.69 bits per heavy atom. The lowest BCUT2D eigenvalue weighted by Gasteiger charge is -2.08. The van der Waals surface area contributed by atoms with Gasteiger partial charge in [-0.15, -0.1) is 0 Å². The van der Waals surface area contributed by atoms with Crippen LogP contribution < -0.4 is 10.3 Å². The molecule has 1 aromatic carbocycles. The summed E-state index contributed by atoms with van der Waals surface area (Å²) in [6.45, 7) is 2.27. The van der Waals surface area contributed by atoms with Crippen LogP contribution in [0.25, 0.3) is 16.9 Å². The van der Waals surface area contributed by atoms with Gasteiger partial charge in [0, 0.05) is 30.1 Å². The highest BCUT2D eigenvalue weighted by molar-refractivity contribution is 5.74. The van der Waals surface area contributed by atoms with Crippen LogP contribution in [-0.2, 0) is 6.42 Å². The fourth-order valence-electron chi connectivity index (χ4n) is 2.94. The van der Waals surface area contributed by atoms with E-state index in [1.54, 1.807) is 12.4 Å². The van der Waals surface area contributed by atoms with Gasteiger partial charge < -0.3 is 4.74 Å². The molecule has 0 aliphatic heterocycles. The van der Waals surface area contributed by atoms with Crippen LogP contribution in [0.15, 0.2) is 65.7 Å². The third-order valence-electron chi connectivity index (χ3n) is 4.27. The molecule has 1 N–H and O–H groups in total. The van der Waals surface area contributed by atoms with Crippen molar-refractivity contribution in [3.8, 4) is 17.0 Å². The van der Waals surface area contributed by atoms with E-state index in [1.165, 1.54) is 4.52 Å². The van der Waals surface area contributed by atoms with Crippen LogP contribution in [0.4, 0.5) is 0 Å². The normalized spacial score (nSPS) is 11.0. The molecule has 0 unspecified atom stereocenters. The van der Waals surface area contributed by atoms with Crippen molar-refractivity contribution in [2.45, 2.75) is 13.3 Å². The molecule has 4 rings (SSSR count). The van der Waals surface area contributed by atoms with Crippen LogP contribution in [0.2, 0.25) is 0 Å². The van der Waals surface area contributed by atoms with Gasteiger partial charge in [-0.25, -0.2) is 9.50 Å². The van der Waals surface area contributed by atoms with E-state index in [0.29, 0.717) is 29.9 Å². The lowest BCUT2D eigenvalue weighted by molar-refractivity contribution is 0.321. The van der Waals surface area contributed by atoms with Crippen molar-refractivity contribution in [2.24, 2.45) is 0 Å². The zero-order valence-electron chi connectivity index (χ0n) is 14.3. The van der Waals surface area contributed by atoms with Gasteiger partial charge in [-0.1, -0.05) is 24.3 Å². The number of ether oxygens (including phenoxy) is 1. The van der Waals surface area contributed by atoms with Gasteiger partial charge in [-0.3, -0.25) is 14.9 Å². The van der Waals surface area contributed by atoms with E-state index in [9.17, 15) is 4.79 Å². The number of para-hydroxylation sites is 1. The first-order valence-corrected chi connectivity index (χ1v) is 8.43. The third-order valence-corrected chi connectivity index (χ3v) is 4.27. The smallest absolute Gasteiger partial charge is 0.276 e. The summed E-state index contributed by atoms with van der Waals surface area (Å²) >= 11 is 0. The van der Waals surface area contributed by atoms with Crippen molar-refractivity contribution in [3.63, 3.8) is 0 Å². The number of pyridine rings is 1. The van der Waals surface area contributed by atoms with Gasteiger partial charge in [-0.05, 0) is 31.2 Å². The SMILES string of the molecule is Cc1nc2c(-c3ccccn3)c[nH]n2c(=O)c1CCOc1ccccc1. The van der Waals surface area contributed by atoms with E-state index < -0.39 is 0 Å². The van der Waals surface area contributed by atoms with Crippen LogP contribution in [0.1, 0.15) is 11.3 Å². The van der Waals surface area contributed by atoms with Crippen molar-refractivity contribution in [1.82, 2.24) is 19.6 Å². The first kappa shape index (κ1) is 16.1. The van der Waals surface area contributed by atoms with E-state index in [2.05, 4.69) is 15.1 Å². The highest BCUT2D eigenvalue weighted by Gasteiger charge is 2.15. The van der Waals surface area contributed by atoms with Gasteiger partial charge >= 0.3 is 0 Å². The Bertz CT molecular complexity index is 1090. The van der Waals surface area contributed by atoms with E-state index in [0.717, 1.165) is 17.0 Å². The standard InChI is InChI=1S/C20H18N4O2/c1-14-16(10-12-26-15-7-3-2-4-8-15)20(25)24-19(23-14)17(13-22-24)18-9-5-6-11-21-18/h2-9,11,13,22H,10,12H2,1H3. The number of nitrogens with one attached hydrogen (secondary N) is 1. The van der Waals surface area contributed by atoms with Crippen molar-refractivity contribution >= 4 is 5.65 Å². The quantitative estimate of drug-likeness (QED) is 0.603. The molecule has 0 amide bonds. The number of aromatic nitrogens is 4. The molecule has 26 heavy (non-hydrogen) atoms. The minimum atomic E-state index is -0.105. The second-order valence-corrected chi connectivity index (χ2v) is 5.95. The maximum atomic E-state index is 12.9. The Morgan fingerprint density at radius 2 is 1.92 bits per heavy atom. The lowest BCUT2D eigenvalue weighted by Crippen LogP contribution is -2.23. The summed E-state index contributed by atoms with van der Waals surface area (Å²) < 4.78 is 7.18. The largest absolute Gasteiger partial charge is 0.493 e. The number of rotatable bonds is 5. The van der Waals surface area contributed by atoms with Crippen LogP contribution in [0, 0.1) is 6.92 Å². The molecule has 0 fully saturated rings. The highest BCUT2D eigenvalue weighted by atomic mass is 16.5. The topological polar surface area (TPSA) is 72.3 Å². The van der Waals surface area contributed by atoms with Gasteiger partial charge in [-0.2, -0.15) is 0 Å². The summed E-state index contributed by atoms with van der Waals surface area (Å²) in [7, 11) is 0. The molecule has 3 aromatic heterocycles. The van der Waals surface area contributed by atoms with E-state index in [1.807, 2.05) is 55.5 Å². The summed E-state index contributed by atoms with van der Waals surface area (Å²) in [6, 6.07) is 15.2. The molecule has 130 valence electrons. The maximum absolute atomic E-state index is 12.9. The van der Waals surface area contributed by atoms with E-state index >= 15 is 0 Å². The first-order valence-electron chi connectivity index (χ1n) is 8.43. The van der Waals surface area contributed by atoms with Gasteiger partial charge in [0.25, 0.3) is 5.56 Å². The van der Waals surface area contributed by atoms with Crippen LogP contribution in [0.5, 0.6) is 5.75 Å². The molecule has 0 saturated heterocycles. The molecular weight excluding hydrogens is 328 g/mol. The highest BCUT2D eigenvalue weighted by Crippen LogP contribution is 2.20. The van der Waals surface area contributed by atoms with Crippen LogP contribution >= 0.6 is 0 Å². The van der Waals surface area contributed by atoms with Crippen molar-refractivity contribution in [3.05, 3.63) is 82.5 Å². The van der Waals surface area contributed by atoms with Gasteiger partial charge in [0.1, 0.15) is 5.75 Å². The number of fused-ring (bicyclic) bond motifs is 1. The lowest BCUT2D eigenvalue weighted by atomic mass is 10.1. The molecule has 0 bridgehead atoms. The van der Waals surface area contributed by atoms with Crippen LogP contribution in [-0.4, -0.2) is 26.2 Å². The number of aryl methyl sites for hydroxylation is 1. The third kappa shape index (κ3) is 2.97. The molecule has 6 nitrogen and oxygen atoms in total. The Morgan fingerprint density at radius 1 is 1.12 bits per heavy atom. The number of H-pyrrole nitrogens is 1. The Labute approximate surface area is 150 Å². The second kappa shape index (κ2) is 6.84. The summed E-state index contributed by atoms with van der Waals surface area (Å²) in [5.41, 5.74) is 3.41. The minimum Gasteiger partial charge on any atom is -0.493 e. The number of benzene rings is 1. The number of hydrogen-bond acceptors (Lipinski definition) is 4. The van der Waals surface area contributed by atoms with E-state index in [-0.39, 0.29) is 5.56 Å². The predicted octanol–water partition coefficient (Wildman–Crippen LogP) is 3.01. The Kier molecular flexibility index (Phi) is 4.23. The predicted molar refractivity (Wildman–Crippen MR) is 99.4 cm³/mol. The van der Waals surface area contributed by atoms with Gasteiger partial charge in [0.15, 0.2) is 5.65 Å². The molecule has 0 atom stereocenters. The molecule has 0 spiro atoms. The zero-order valence-corrected chi connectivity index (χ0v) is 14.3. The van der Waals surface area contributed by atoms with Crippen molar-refractivity contribution < 1.29 is 4.74 Å². The number of hydrogen-bond donors (Lipinski definition) is 1. The van der Waals surface area contributed by atoms with Gasteiger partial charge in [0.2, 0.25) is 0 Å². The molecule has 3 heterocycles. The monoisotopic (exact) mass is 346 g/mol. The Balaban J connectivity index is 1.64. The minimum absolute atomic E-state index is 0.105. The molecule has 0 saturated carbocycles. The van der Waals surface area contributed by atoms with Crippen LogP contribution in [0.3, 0.4) is 0 Å². The average molecular weight is 346 g/mol. The van der Waals surface area contributed by atoms with Gasteiger partial charge in [0.05, 0.1) is 17.9 Å². The summed E-state index contributed by atoms with van der Waals surface area (Å²) in [4.78, 5) is 21.8. The molecule has 0 aliphatic carbocycles.